The maximum absolute atomic E-state index is 4.37. The molecule has 2 heterocycles. The molecule has 0 saturated carbocycles. The van der Waals surface area contributed by atoms with Gasteiger partial charge in [-0.2, -0.15) is 11.8 Å². The molecular formula is C10H14IN3S. The summed E-state index contributed by atoms with van der Waals surface area (Å²) in [6.45, 7) is 6.73. The minimum absolute atomic E-state index is 0.680. The van der Waals surface area contributed by atoms with E-state index < -0.39 is 0 Å². The summed E-state index contributed by atoms with van der Waals surface area (Å²) >= 11 is 4.36. The van der Waals surface area contributed by atoms with Crippen molar-refractivity contribution in [3.8, 4) is 0 Å². The first kappa shape index (κ1) is 11.4. The average Bonchev–Trinajstić information content (AvgIpc) is 2.16. The van der Waals surface area contributed by atoms with Gasteiger partial charge in [-0.15, -0.1) is 0 Å². The molecule has 2 atom stereocenters. The molecule has 3 nitrogen and oxygen atoms in total. The Morgan fingerprint density at radius 1 is 1.40 bits per heavy atom. The van der Waals surface area contributed by atoms with Crippen LogP contribution in [0.3, 0.4) is 0 Å². The van der Waals surface area contributed by atoms with Crippen LogP contribution in [0.5, 0.6) is 0 Å². The molecule has 0 bridgehead atoms. The van der Waals surface area contributed by atoms with Crippen LogP contribution in [0.15, 0.2) is 12.5 Å². The first-order valence-electron chi connectivity index (χ1n) is 5.02. The second-order valence-corrected chi connectivity index (χ2v) is 6.90. The fraction of sp³-hybridized carbons (Fsp3) is 0.600. The standard InChI is InChI=1S/C10H14IN3S/c1-7-4-14(5-8(2)15-7)10-9(11)3-12-6-13-10/h3,6-8H,4-5H2,1-2H3. The number of hydrogen-bond donors (Lipinski definition) is 0. The third-order valence-electron chi connectivity index (χ3n) is 2.37. The van der Waals surface area contributed by atoms with Crippen molar-refractivity contribution in [2.75, 3.05) is 18.0 Å². The van der Waals surface area contributed by atoms with E-state index in [1.54, 1.807) is 6.33 Å². The SMILES string of the molecule is CC1CN(c2ncncc2I)CC(C)S1. The first-order chi connectivity index (χ1) is 7.16. The maximum Gasteiger partial charge on any atom is 0.145 e. The predicted molar refractivity (Wildman–Crippen MR) is 73.5 cm³/mol. The van der Waals surface area contributed by atoms with Crippen molar-refractivity contribution >= 4 is 40.2 Å². The lowest BCUT2D eigenvalue weighted by Crippen LogP contribution is -2.41. The van der Waals surface area contributed by atoms with Crippen molar-refractivity contribution in [1.82, 2.24) is 9.97 Å². The van der Waals surface area contributed by atoms with Gasteiger partial charge >= 0.3 is 0 Å². The lowest BCUT2D eigenvalue weighted by molar-refractivity contribution is 0.715. The number of halogens is 1. The van der Waals surface area contributed by atoms with E-state index in [9.17, 15) is 0 Å². The van der Waals surface area contributed by atoms with Gasteiger partial charge in [0.25, 0.3) is 0 Å². The van der Waals surface area contributed by atoms with Gasteiger partial charge in [0.1, 0.15) is 12.1 Å². The Kier molecular flexibility index (Phi) is 3.71. The molecule has 1 aliphatic heterocycles. The van der Waals surface area contributed by atoms with Crippen LogP contribution in [0, 0.1) is 3.57 Å². The summed E-state index contributed by atoms with van der Waals surface area (Å²) < 4.78 is 1.14. The number of nitrogens with zero attached hydrogens (tertiary/aromatic N) is 3. The van der Waals surface area contributed by atoms with Crippen LogP contribution in [0.25, 0.3) is 0 Å². The van der Waals surface area contributed by atoms with E-state index >= 15 is 0 Å². The quantitative estimate of drug-likeness (QED) is 0.737. The van der Waals surface area contributed by atoms with Gasteiger partial charge in [-0.1, -0.05) is 13.8 Å². The number of hydrogen-bond acceptors (Lipinski definition) is 4. The zero-order valence-corrected chi connectivity index (χ0v) is 11.8. The van der Waals surface area contributed by atoms with Crippen LogP contribution in [0.1, 0.15) is 13.8 Å². The number of rotatable bonds is 1. The van der Waals surface area contributed by atoms with Crippen molar-refractivity contribution in [3.05, 3.63) is 16.1 Å². The van der Waals surface area contributed by atoms with Gasteiger partial charge in [-0.25, -0.2) is 9.97 Å². The molecule has 1 aliphatic rings. The molecule has 2 unspecified atom stereocenters. The second kappa shape index (κ2) is 4.86. The molecule has 5 heteroatoms. The normalized spacial score (nSPS) is 26.7. The molecule has 0 amide bonds. The van der Waals surface area contributed by atoms with Crippen molar-refractivity contribution in [2.45, 2.75) is 24.3 Å². The highest BCUT2D eigenvalue weighted by atomic mass is 127. The molecule has 2 rings (SSSR count). The highest BCUT2D eigenvalue weighted by Gasteiger charge is 2.24. The summed E-state index contributed by atoms with van der Waals surface area (Å²) in [4.78, 5) is 10.8. The van der Waals surface area contributed by atoms with Crippen molar-refractivity contribution < 1.29 is 0 Å². The third-order valence-corrected chi connectivity index (χ3v) is 4.36. The molecule has 0 radical (unpaired) electrons. The highest BCUT2D eigenvalue weighted by Crippen LogP contribution is 2.29. The summed E-state index contributed by atoms with van der Waals surface area (Å²) in [5.41, 5.74) is 0. The van der Waals surface area contributed by atoms with Crippen LogP contribution >= 0.6 is 34.4 Å². The van der Waals surface area contributed by atoms with Crippen LogP contribution in [0.2, 0.25) is 0 Å². The molecule has 0 spiro atoms. The van der Waals surface area contributed by atoms with E-state index in [-0.39, 0.29) is 0 Å². The van der Waals surface area contributed by atoms with E-state index in [2.05, 4.69) is 63.1 Å². The minimum atomic E-state index is 0.680. The maximum atomic E-state index is 4.37. The summed E-state index contributed by atoms with van der Waals surface area (Å²) in [5.74, 6) is 1.09. The van der Waals surface area contributed by atoms with Crippen LogP contribution in [0.4, 0.5) is 5.82 Å². The van der Waals surface area contributed by atoms with Gasteiger partial charge < -0.3 is 4.90 Å². The number of anilines is 1. The summed E-state index contributed by atoms with van der Waals surface area (Å²) in [5, 5.41) is 1.36. The van der Waals surface area contributed by atoms with Crippen molar-refractivity contribution in [3.63, 3.8) is 0 Å². The molecule has 0 aliphatic carbocycles. The second-order valence-electron chi connectivity index (χ2n) is 3.86. The van der Waals surface area contributed by atoms with Crippen LogP contribution in [-0.4, -0.2) is 33.6 Å². The minimum Gasteiger partial charge on any atom is -0.353 e. The molecule has 82 valence electrons. The summed E-state index contributed by atoms with van der Waals surface area (Å²) in [6.07, 6.45) is 3.51. The van der Waals surface area contributed by atoms with E-state index in [4.69, 9.17) is 0 Å². The van der Waals surface area contributed by atoms with Crippen molar-refractivity contribution in [2.24, 2.45) is 0 Å². The van der Waals surface area contributed by atoms with Gasteiger partial charge in [0, 0.05) is 29.8 Å². The largest absolute Gasteiger partial charge is 0.353 e. The smallest absolute Gasteiger partial charge is 0.145 e. The lowest BCUT2D eigenvalue weighted by atomic mass is 10.3. The Morgan fingerprint density at radius 2 is 2.07 bits per heavy atom. The Morgan fingerprint density at radius 3 is 2.67 bits per heavy atom. The third kappa shape index (κ3) is 2.75. The zero-order chi connectivity index (χ0) is 10.8. The topological polar surface area (TPSA) is 29.0 Å². The number of aromatic nitrogens is 2. The Labute approximate surface area is 108 Å². The van der Waals surface area contributed by atoms with E-state index in [0.717, 1.165) is 22.5 Å². The van der Waals surface area contributed by atoms with Gasteiger partial charge in [0.15, 0.2) is 0 Å². The Hall–Kier alpha value is -0.0400. The molecular weight excluding hydrogens is 321 g/mol. The van der Waals surface area contributed by atoms with Crippen molar-refractivity contribution in [1.29, 1.82) is 0 Å². The van der Waals surface area contributed by atoms with Gasteiger partial charge in [-0.05, 0) is 22.6 Å². The molecule has 1 aromatic heterocycles. The molecule has 0 N–H and O–H groups in total. The van der Waals surface area contributed by atoms with E-state index in [1.165, 1.54) is 0 Å². The highest BCUT2D eigenvalue weighted by molar-refractivity contribution is 14.1. The molecule has 0 aromatic carbocycles. The molecule has 15 heavy (non-hydrogen) atoms. The summed E-state index contributed by atoms with van der Waals surface area (Å²) in [7, 11) is 0. The predicted octanol–water partition coefficient (Wildman–Crippen LogP) is 2.41. The lowest BCUT2D eigenvalue weighted by Gasteiger charge is -2.35. The van der Waals surface area contributed by atoms with Crippen LogP contribution in [-0.2, 0) is 0 Å². The Balaban J connectivity index is 2.20. The fourth-order valence-electron chi connectivity index (χ4n) is 1.89. The number of thioether (sulfide) groups is 1. The van der Waals surface area contributed by atoms with Gasteiger partial charge in [0.2, 0.25) is 0 Å². The monoisotopic (exact) mass is 335 g/mol. The van der Waals surface area contributed by atoms with Gasteiger partial charge in [-0.3, -0.25) is 0 Å². The van der Waals surface area contributed by atoms with Crippen LogP contribution < -0.4 is 4.90 Å². The Bertz CT molecular complexity index is 337. The fourth-order valence-corrected chi connectivity index (χ4v) is 3.86. The zero-order valence-electron chi connectivity index (χ0n) is 8.85. The molecule has 1 fully saturated rings. The first-order valence-corrected chi connectivity index (χ1v) is 7.05. The molecule has 1 aromatic rings. The summed E-state index contributed by atoms with van der Waals surface area (Å²) in [6, 6.07) is 0. The van der Waals surface area contributed by atoms with E-state index in [1.807, 2.05) is 6.20 Å². The van der Waals surface area contributed by atoms with E-state index in [0.29, 0.717) is 10.5 Å². The average molecular weight is 335 g/mol. The molecule has 1 saturated heterocycles. The van der Waals surface area contributed by atoms with Gasteiger partial charge in [0.05, 0.1) is 3.57 Å².